The number of rotatable bonds is 9. The van der Waals surface area contributed by atoms with Gasteiger partial charge in [-0.1, -0.05) is 58.9 Å². The van der Waals surface area contributed by atoms with Gasteiger partial charge in [-0.05, 0) is 49.0 Å². The molecule has 0 unspecified atom stereocenters. The molecule has 42 heavy (non-hydrogen) atoms. The summed E-state index contributed by atoms with van der Waals surface area (Å²) in [5, 5.41) is 5.43. The topological polar surface area (TPSA) is 118 Å². The molecular formula is C31H44N4O5SSi. The Labute approximate surface area is 253 Å². The van der Waals surface area contributed by atoms with Gasteiger partial charge in [0.25, 0.3) is 5.56 Å². The molecule has 11 heteroatoms. The zero-order valence-corrected chi connectivity index (χ0v) is 27.9. The average molecular weight is 613 g/mol. The standard InChI is InChI=1S/C31H44N4O5SSi/c1-18(2)27(25-15-26(36)34-39-25)30(38)35-16-23(40-42(8,9)31(5,6)7)14-24(35)29(37)33-19(3)21-10-12-22(13-11-21)28-20(4)32-17-41-28/h10-13,15,17-19,23-24,27H,14,16H2,1-9H3,(H,33,37)(H,34,36)/t19-,23+,24-,27+/m0/s1. The van der Waals surface area contributed by atoms with Crippen LogP contribution >= 0.6 is 11.3 Å². The van der Waals surface area contributed by atoms with Gasteiger partial charge in [-0.2, -0.15) is 5.16 Å². The summed E-state index contributed by atoms with van der Waals surface area (Å²) in [5.41, 5.74) is 4.49. The lowest BCUT2D eigenvalue weighted by molar-refractivity contribution is -0.141. The third-order valence-corrected chi connectivity index (χ3v) is 14.2. The molecule has 0 aliphatic carbocycles. The minimum Gasteiger partial charge on any atom is -0.412 e. The van der Waals surface area contributed by atoms with Crippen molar-refractivity contribution in [3.8, 4) is 10.4 Å². The van der Waals surface area contributed by atoms with E-state index in [1.54, 1.807) is 16.2 Å². The Bertz CT molecular complexity index is 1450. The van der Waals surface area contributed by atoms with E-state index in [1.807, 2.05) is 57.5 Å². The third kappa shape index (κ3) is 6.79. The van der Waals surface area contributed by atoms with Crippen LogP contribution < -0.4 is 10.9 Å². The summed E-state index contributed by atoms with van der Waals surface area (Å²) in [6, 6.07) is 8.47. The van der Waals surface area contributed by atoms with Gasteiger partial charge in [0.05, 0.1) is 28.2 Å². The van der Waals surface area contributed by atoms with Crippen LogP contribution in [0.2, 0.25) is 18.1 Å². The molecule has 228 valence electrons. The Morgan fingerprint density at radius 1 is 1.19 bits per heavy atom. The van der Waals surface area contributed by atoms with E-state index in [2.05, 4.69) is 49.3 Å². The van der Waals surface area contributed by atoms with Crippen LogP contribution in [-0.4, -0.2) is 53.9 Å². The van der Waals surface area contributed by atoms with Gasteiger partial charge >= 0.3 is 0 Å². The van der Waals surface area contributed by atoms with E-state index in [-0.39, 0.29) is 40.7 Å². The van der Waals surface area contributed by atoms with Crippen molar-refractivity contribution >= 4 is 31.5 Å². The van der Waals surface area contributed by atoms with E-state index in [4.69, 9.17) is 8.95 Å². The maximum Gasteiger partial charge on any atom is 0.280 e. The number of aromatic amines is 1. The average Bonchev–Trinajstić information content (AvgIpc) is 3.63. The Hall–Kier alpha value is -3.02. The van der Waals surface area contributed by atoms with Gasteiger partial charge in [0.2, 0.25) is 11.8 Å². The second-order valence-corrected chi connectivity index (χ2v) is 18.8. The smallest absolute Gasteiger partial charge is 0.280 e. The Kier molecular flexibility index (Phi) is 9.34. The van der Waals surface area contributed by atoms with E-state index in [9.17, 15) is 14.4 Å². The van der Waals surface area contributed by atoms with Gasteiger partial charge in [-0.15, -0.1) is 11.3 Å². The van der Waals surface area contributed by atoms with Gasteiger partial charge in [-0.25, -0.2) is 4.98 Å². The first-order valence-electron chi connectivity index (χ1n) is 14.6. The van der Waals surface area contributed by atoms with Crippen LogP contribution in [0.3, 0.4) is 0 Å². The second kappa shape index (κ2) is 12.3. The number of carbonyl (C=O) groups excluding carboxylic acids is 2. The first kappa shape index (κ1) is 31.9. The summed E-state index contributed by atoms with van der Waals surface area (Å²) in [5.74, 6) is -1.05. The van der Waals surface area contributed by atoms with Crippen LogP contribution in [0, 0.1) is 12.8 Å². The predicted molar refractivity (Wildman–Crippen MR) is 168 cm³/mol. The van der Waals surface area contributed by atoms with Gasteiger partial charge in [0.1, 0.15) is 12.0 Å². The number of hydrogen-bond acceptors (Lipinski definition) is 7. The van der Waals surface area contributed by atoms with Crippen LogP contribution in [0.25, 0.3) is 10.4 Å². The lowest BCUT2D eigenvalue weighted by Crippen LogP contribution is -2.48. The maximum atomic E-state index is 14.1. The summed E-state index contributed by atoms with van der Waals surface area (Å²) in [4.78, 5) is 46.9. The fourth-order valence-corrected chi connectivity index (χ4v) is 7.40. The minimum atomic E-state index is -2.16. The molecule has 0 bridgehead atoms. The van der Waals surface area contributed by atoms with Crippen LogP contribution in [-0.2, 0) is 14.0 Å². The van der Waals surface area contributed by atoms with Crippen molar-refractivity contribution in [2.24, 2.45) is 5.92 Å². The molecule has 0 saturated carbocycles. The first-order chi connectivity index (χ1) is 19.6. The number of hydrogen-bond donors (Lipinski definition) is 2. The van der Waals surface area contributed by atoms with Crippen molar-refractivity contribution in [3.05, 3.63) is 63.2 Å². The SMILES string of the molecule is Cc1ncsc1-c1ccc([C@H](C)NC(=O)[C@@H]2C[C@@H](O[Si](C)(C)C(C)(C)C)CN2C(=O)[C@@H](c2cc(=O)[nH]o2)C(C)C)cc1. The fraction of sp³-hybridized carbons (Fsp3) is 0.548. The van der Waals surface area contributed by atoms with Gasteiger partial charge < -0.3 is 19.2 Å². The zero-order chi connectivity index (χ0) is 31.0. The highest BCUT2D eigenvalue weighted by Crippen LogP contribution is 2.40. The van der Waals surface area contributed by atoms with E-state index >= 15 is 0 Å². The minimum absolute atomic E-state index is 0.0183. The molecule has 2 amide bonds. The normalized spacial score (nSPS) is 19.2. The zero-order valence-electron chi connectivity index (χ0n) is 26.1. The third-order valence-electron chi connectivity index (χ3n) is 8.68. The molecule has 0 radical (unpaired) electrons. The molecule has 1 fully saturated rings. The summed E-state index contributed by atoms with van der Waals surface area (Å²) >= 11 is 1.60. The van der Waals surface area contributed by atoms with Crippen LogP contribution in [0.1, 0.15) is 76.9 Å². The monoisotopic (exact) mass is 612 g/mol. The Balaban J connectivity index is 1.57. The van der Waals surface area contributed by atoms with Crippen LogP contribution in [0.5, 0.6) is 0 Å². The van der Waals surface area contributed by atoms with Gasteiger partial charge in [-0.3, -0.25) is 14.4 Å². The van der Waals surface area contributed by atoms with Crippen molar-refractivity contribution in [2.75, 3.05) is 6.54 Å². The number of aryl methyl sites for hydroxylation is 1. The second-order valence-electron chi connectivity index (χ2n) is 13.2. The highest BCUT2D eigenvalue weighted by molar-refractivity contribution is 7.13. The molecule has 4 atom stereocenters. The van der Waals surface area contributed by atoms with Crippen molar-refractivity contribution in [3.63, 3.8) is 0 Å². The van der Waals surface area contributed by atoms with Gasteiger partial charge in [0, 0.05) is 19.0 Å². The van der Waals surface area contributed by atoms with Crippen molar-refractivity contribution in [1.29, 1.82) is 0 Å². The molecular weight excluding hydrogens is 569 g/mol. The Morgan fingerprint density at radius 3 is 2.38 bits per heavy atom. The maximum absolute atomic E-state index is 14.1. The molecule has 1 aliphatic rings. The lowest BCUT2D eigenvalue weighted by atomic mass is 9.91. The van der Waals surface area contributed by atoms with Crippen molar-refractivity contribution < 1.29 is 18.5 Å². The highest BCUT2D eigenvalue weighted by Gasteiger charge is 2.47. The summed E-state index contributed by atoms with van der Waals surface area (Å²) in [7, 11) is -2.16. The van der Waals surface area contributed by atoms with Crippen molar-refractivity contribution in [2.45, 2.75) is 97.1 Å². The van der Waals surface area contributed by atoms with Gasteiger partial charge in [0.15, 0.2) is 14.1 Å². The molecule has 3 aromatic rings. The molecule has 4 rings (SSSR count). The molecule has 3 heterocycles. The summed E-state index contributed by atoms with van der Waals surface area (Å²) in [6.45, 7) is 18.9. The number of nitrogens with one attached hydrogen (secondary N) is 2. The molecule has 1 aromatic carbocycles. The van der Waals surface area contributed by atoms with Crippen LogP contribution in [0.15, 0.2) is 45.2 Å². The number of amides is 2. The van der Waals surface area contributed by atoms with Crippen molar-refractivity contribution in [1.82, 2.24) is 20.4 Å². The molecule has 1 aliphatic heterocycles. The van der Waals surface area contributed by atoms with E-state index in [0.29, 0.717) is 13.0 Å². The van der Waals surface area contributed by atoms with E-state index in [1.165, 1.54) is 6.07 Å². The number of benzene rings is 1. The highest BCUT2D eigenvalue weighted by atomic mass is 32.1. The number of H-pyrrole nitrogens is 1. The largest absolute Gasteiger partial charge is 0.412 e. The molecule has 1 saturated heterocycles. The number of carbonyl (C=O) groups is 2. The molecule has 0 spiro atoms. The summed E-state index contributed by atoms with van der Waals surface area (Å²) < 4.78 is 12.1. The number of aromatic nitrogens is 2. The first-order valence-corrected chi connectivity index (χ1v) is 18.4. The molecule has 9 nitrogen and oxygen atoms in total. The van der Waals surface area contributed by atoms with E-state index in [0.717, 1.165) is 21.7 Å². The molecule has 2 N–H and O–H groups in total. The molecule has 2 aromatic heterocycles. The number of nitrogens with zero attached hydrogens (tertiary/aromatic N) is 2. The van der Waals surface area contributed by atoms with Crippen LogP contribution in [0.4, 0.5) is 0 Å². The van der Waals surface area contributed by atoms with E-state index < -0.39 is 25.8 Å². The number of thiazole rings is 1. The Morgan fingerprint density at radius 2 is 1.86 bits per heavy atom. The predicted octanol–water partition coefficient (Wildman–Crippen LogP) is 6.01. The lowest BCUT2D eigenvalue weighted by Gasteiger charge is -2.38. The summed E-state index contributed by atoms with van der Waals surface area (Å²) in [6.07, 6.45) is 0.135. The number of likely N-dealkylation sites (tertiary alicyclic amines) is 1. The quantitative estimate of drug-likeness (QED) is 0.286. The fourth-order valence-electron chi connectivity index (χ4n) is 5.23.